The van der Waals surface area contributed by atoms with Gasteiger partial charge >= 0.3 is 5.97 Å². The van der Waals surface area contributed by atoms with E-state index in [4.69, 9.17) is 4.74 Å². The number of ether oxygens (including phenoxy) is 1. The van der Waals surface area contributed by atoms with E-state index in [1.54, 1.807) is 24.3 Å². The van der Waals surface area contributed by atoms with Crippen molar-refractivity contribution in [2.24, 2.45) is 0 Å². The number of carbonyl (C=O) groups excluding carboxylic acids is 3. The van der Waals surface area contributed by atoms with Crippen molar-refractivity contribution in [3.8, 4) is 0 Å². The average molecular weight is 484 g/mol. The molecule has 178 valence electrons. The maximum Gasteiger partial charge on any atom is 0.338 e. The lowest BCUT2D eigenvalue weighted by atomic mass is 9.90. The van der Waals surface area contributed by atoms with Crippen LogP contribution in [0.15, 0.2) is 66.1 Å². The molecular formula is C24H25N3O6S. The summed E-state index contributed by atoms with van der Waals surface area (Å²) in [4.78, 5) is 40.2. The number of rotatable bonds is 7. The number of benzene rings is 2. The van der Waals surface area contributed by atoms with E-state index in [0.29, 0.717) is 24.2 Å². The molecule has 4 rings (SSSR count). The van der Waals surface area contributed by atoms with Crippen LogP contribution in [-0.4, -0.2) is 44.9 Å². The van der Waals surface area contributed by atoms with Gasteiger partial charge in [-0.05, 0) is 49.2 Å². The van der Waals surface area contributed by atoms with E-state index in [1.165, 1.54) is 35.2 Å². The first kappa shape index (κ1) is 23.7. The number of amides is 2. The zero-order valence-corrected chi connectivity index (χ0v) is 19.3. The molecule has 0 bridgehead atoms. The van der Waals surface area contributed by atoms with Gasteiger partial charge in [-0.15, -0.1) is 6.58 Å². The Balaban J connectivity index is 1.49. The molecule has 0 saturated heterocycles. The molecule has 2 amide bonds. The summed E-state index contributed by atoms with van der Waals surface area (Å²) in [5.74, 6) is -1.50. The average Bonchev–Trinajstić information content (AvgIpc) is 3.32. The van der Waals surface area contributed by atoms with Gasteiger partial charge in [0.2, 0.25) is 10.0 Å². The van der Waals surface area contributed by atoms with Crippen molar-refractivity contribution in [2.75, 3.05) is 23.4 Å². The molecule has 1 aliphatic carbocycles. The Morgan fingerprint density at radius 1 is 1.12 bits per heavy atom. The molecule has 0 atom stereocenters. The van der Waals surface area contributed by atoms with Crippen LogP contribution in [0.25, 0.3) is 0 Å². The number of nitrogens with zero attached hydrogens (tertiary/aromatic N) is 1. The molecule has 9 nitrogen and oxygen atoms in total. The fourth-order valence-electron chi connectivity index (χ4n) is 4.43. The van der Waals surface area contributed by atoms with Crippen molar-refractivity contribution < 1.29 is 27.5 Å². The lowest BCUT2D eigenvalue weighted by Gasteiger charge is -2.44. The third-order valence-electron chi connectivity index (χ3n) is 6.07. The van der Waals surface area contributed by atoms with Crippen molar-refractivity contribution in [3.05, 3.63) is 66.7 Å². The Hall–Kier alpha value is -3.50. The minimum Gasteiger partial charge on any atom is -0.452 e. The standard InChI is InChI=1S/C24H25N3O6S/c1-2-15-25-34(31,32)18-11-9-17(10-12-18)22(29)33-16-21(28)27-20-8-4-3-7-19(20)26-23(30)24(27)13-5-6-14-24/h2-4,7-12,25H,1,5-6,13-16H2,(H,26,30). The van der Waals surface area contributed by atoms with E-state index >= 15 is 0 Å². The number of para-hydroxylation sites is 2. The van der Waals surface area contributed by atoms with Gasteiger partial charge < -0.3 is 10.1 Å². The van der Waals surface area contributed by atoms with Crippen molar-refractivity contribution in [1.29, 1.82) is 0 Å². The van der Waals surface area contributed by atoms with Crippen molar-refractivity contribution in [3.63, 3.8) is 0 Å². The van der Waals surface area contributed by atoms with Crippen LogP contribution in [0, 0.1) is 0 Å². The number of esters is 1. The second-order valence-electron chi connectivity index (χ2n) is 8.18. The minimum atomic E-state index is -3.72. The molecular weight excluding hydrogens is 458 g/mol. The second-order valence-corrected chi connectivity index (χ2v) is 9.95. The third-order valence-corrected chi connectivity index (χ3v) is 7.51. The molecule has 2 aliphatic rings. The predicted molar refractivity (Wildman–Crippen MR) is 126 cm³/mol. The highest BCUT2D eigenvalue weighted by Gasteiger charge is 2.52. The maximum atomic E-state index is 13.3. The van der Waals surface area contributed by atoms with Gasteiger partial charge in [-0.1, -0.05) is 31.1 Å². The monoisotopic (exact) mass is 483 g/mol. The zero-order valence-electron chi connectivity index (χ0n) is 18.5. The highest BCUT2D eigenvalue weighted by atomic mass is 32.2. The summed E-state index contributed by atoms with van der Waals surface area (Å²) in [6.07, 6.45) is 4.11. The number of hydrogen-bond acceptors (Lipinski definition) is 6. The predicted octanol–water partition coefficient (Wildman–Crippen LogP) is 2.61. The van der Waals surface area contributed by atoms with Gasteiger partial charge in [0.1, 0.15) is 5.54 Å². The SMILES string of the molecule is C=CCNS(=O)(=O)c1ccc(C(=O)OCC(=O)N2c3ccccc3NC(=O)C23CCCC3)cc1. The van der Waals surface area contributed by atoms with Gasteiger partial charge in [0.25, 0.3) is 11.8 Å². The van der Waals surface area contributed by atoms with Gasteiger partial charge in [-0.2, -0.15) is 0 Å². The summed E-state index contributed by atoms with van der Waals surface area (Å²) in [7, 11) is -3.72. The smallest absolute Gasteiger partial charge is 0.338 e. The Kier molecular flexibility index (Phi) is 6.54. The van der Waals surface area contributed by atoms with Crippen molar-refractivity contribution in [1.82, 2.24) is 4.72 Å². The first-order chi connectivity index (χ1) is 16.3. The summed E-state index contributed by atoms with van der Waals surface area (Å²) >= 11 is 0. The van der Waals surface area contributed by atoms with Crippen LogP contribution in [0.4, 0.5) is 11.4 Å². The lowest BCUT2D eigenvalue weighted by Crippen LogP contribution is -2.61. The van der Waals surface area contributed by atoms with Crippen LogP contribution in [0.5, 0.6) is 0 Å². The first-order valence-electron chi connectivity index (χ1n) is 10.9. The normalized spacial score (nSPS) is 16.6. The fourth-order valence-corrected chi connectivity index (χ4v) is 5.42. The Bertz CT molecular complexity index is 1230. The summed E-state index contributed by atoms with van der Waals surface area (Å²) in [5.41, 5.74) is 0.216. The fraction of sp³-hybridized carbons (Fsp3) is 0.292. The Morgan fingerprint density at radius 3 is 2.47 bits per heavy atom. The number of anilines is 2. The number of carbonyl (C=O) groups is 3. The van der Waals surface area contributed by atoms with Crippen LogP contribution in [0.3, 0.4) is 0 Å². The quantitative estimate of drug-likeness (QED) is 0.461. The molecule has 1 saturated carbocycles. The number of hydrogen-bond donors (Lipinski definition) is 2. The van der Waals surface area contributed by atoms with Gasteiger partial charge in [0.15, 0.2) is 6.61 Å². The molecule has 1 heterocycles. The molecule has 0 unspecified atom stereocenters. The van der Waals surface area contributed by atoms with Crippen LogP contribution in [-0.2, 0) is 24.3 Å². The van der Waals surface area contributed by atoms with Crippen molar-refractivity contribution >= 4 is 39.2 Å². The molecule has 0 radical (unpaired) electrons. The molecule has 2 aromatic rings. The summed E-state index contributed by atoms with van der Waals surface area (Å²) in [5, 5.41) is 2.90. The van der Waals surface area contributed by atoms with E-state index in [0.717, 1.165) is 12.8 Å². The van der Waals surface area contributed by atoms with Crippen LogP contribution in [0.2, 0.25) is 0 Å². The molecule has 2 N–H and O–H groups in total. The Labute approximate surface area is 197 Å². The van der Waals surface area contributed by atoms with Crippen LogP contribution < -0.4 is 14.9 Å². The van der Waals surface area contributed by atoms with Gasteiger partial charge in [0.05, 0.1) is 21.8 Å². The highest BCUT2D eigenvalue weighted by Crippen LogP contribution is 2.45. The highest BCUT2D eigenvalue weighted by molar-refractivity contribution is 7.89. The molecule has 0 aromatic heterocycles. The minimum absolute atomic E-state index is 0.0129. The number of nitrogens with one attached hydrogen (secondary N) is 2. The summed E-state index contributed by atoms with van der Waals surface area (Å²) in [6, 6.07) is 12.2. The van der Waals surface area contributed by atoms with E-state index < -0.39 is 34.0 Å². The number of sulfonamides is 1. The van der Waals surface area contributed by atoms with E-state index in [1.807, 2.05) is 0 Å². The van der Waals surface area contributed by atoms with Crippen LogP contribution in [0.1, 0.15) is 36.0 Å². The van der Waals surface area contributed by atoms with Gasteiger partial charge in [-0.3, -0.25) is 14.5 Å². The zero-order chi connectivity index (χ0) is 24.3. The second kappa shape index (κ2) is 9.40. The topological polar surface area (TPSA) is 122 Å². The van der Waals surface area contributed by atoms with Gasteiger partial charge in [-0.25, -0.2) is 17.9 Å². The van der Waals surface area contributed by atoms with E-state index in [9.17, 15) is 22.8 Å². The Morgan fingerprint density at radius 2 is 1.79 bits per heavy atom. The lowest BCUT2D eigenvalue weighted by molar-refractivity contribution is -0.129. The summed E-state index contributed by atoms with van der Waals surface area (Å²) in [6.45, 7) is 2.99. The van der Waals surface area contributed by atoms with Gasteiger partial charge in [0, 0.05) is 6.54 Å². The van der Waals surface area contributed by atoms with E-state index in [-0.39, 0.29) is 22.9 Å². The maximum absolute atomic E-state index is 13.3. The first-order valence-corrected chi connectivity index (χ1v) is 12.4. The van der Waals surface area contributed by atoms with Crippen molar-refractivity contribution in [2.45, 2.75) is 36.1 Å². The third kappa shape index (κ3) is 4.34. The molecule has 2 aromatic carbocycles. The molecule has 10 heteroatoms. The molecule has 1 spiro atoms. The van der Waals surface area contributed by atoms with E-state index in [2.05, 4.69) is 16.6 Å². The largest absolute Gasteiger partial charge is 0.452 e. The number of fused-ring (bicyclic) bond motifs is 1. The molecule has 1 fully saturated rings. The van der Waals surface area contributed by atoms with Crippen LogP contribution >= 0.6 is 0 Å². The molecule has 34 heavy (non-hydrogen) atoms. The molecule has 1 aliphatic heterocycles. The summed E-state index contributed by atoms with van der Waals surface area (Å²) < 4.78 is 31.9.